The van der Waals surface area contributed by atoms with Crippen LogP contribution in [0.5, 0.6) is 0 Å². The minimum Gasteiger partial charge on any atom is -0.330 e. The first-order valence-electron chi connectivity index (χ1n) is 9.59. The molecule has 0 fully saturated rings. The molecule has 31 heavy (non-hydrogen) atoms. The molecule has 0 saturated carbocycles. The zero-order valence-electron chi connectivity index (χ0n) is 16.7. The number of anilines is 2. The first kappa shape index (κ1) is 21.4. The number of thiocarbonyl (C=S) groups is 1. The Bertz CT molecular complexity index is 1220. The molecule has 158 valence electrons. The van der Waals surface area contributed by atoms with Crippen LogP contribution in [0.1, 0.15) is 16.8 Å². The summed E-state index contributed by atoms with van der Waals surface area (Å²) < 4.78 is 3.70. The number of aryl methyl sites for hydroxylation is 1. The van der Waals surface area contributed by atoms with Crippen LogP contribution in [0, 0.1) is 6.92 Å². The third-order valence-electron chi connectivity index (χ3n) is 4.63. The predicted octanol–water partition coefficient (Wildman–Crippen LogP) is 5.60. The number of nitrogens with zero attached hydrogens (tertiary/aromatic N) is 4. The molecule has 0 aliphatic rings. The van der Waals surface area contributed by atoms with Crippen LogP contribution in [-0.2, 0) is 13.1 Å². The van der Waals surface area contributed by atoms with Crippen LogP contribution in [0.3, 0.4) is 0 Å². The fourth-order valence-electron chi connectivity index (χ4n) is 3.13. The van der Waals surface area contributed by atoms with Crippen LogP contribution in [0.4, 0.5) is 11.5 Å². The van der Waals surface area contributed by atoms with E-state index < -0.39 is 0 Å². The highest BCUT2D eigenvalue weighted by Gasteiger charge is 2.09. The van der Waals surface area contributed by atoms with E-state index in [1.807, 2.05) is 72.4 Å². The molecule has 2 N–H and O–H groups in total. The maximum Gasteiger partial charge on any atom is 0.176 e. The second kappa shape index (κ2) is 9.51. The fourth-order valence-corrected chi connectivity index (χ4v) is 3.76. The SMILES string of the molecule is Cc1cc(NC(=S)Nc2cnn(Cc3ccccc3Cl)c2)nn1Cc1cccc(Cl)c1. The normalized spacial score (nSPS) is 10.8. The van der Waals surface area contributed by atoms with Crippen LogP contribution < -0.4 is 10.6 Å². The molecule has 2 aromatic heterocycles. The molecule has 0 aliphatic carbocycles. The number of benzene rings is 2. The van der Waals surface area contributed by atoms with Gasteiger partial charge in [0, 0.05) is 28.0 Å². The molecule has 0 saturated heterocycles. The second-order valence-corrected chi connectivity index (χ2v) is 8.31. The van der Waals surface area contributed by atoms with Crippen molar-refractivity contribution in [2.45, 2.75) is 20.0 Å². The van der Waals surface area contributed by atoms with E-state index in [9.17, 15) is 0 Å². The molecule has 4 aromatic rings. The summed E-state index contributed by atoms with van der Waals surface area (Å²) >= 11 is 17.7. The Labute approximate surface area is 195 Å². The zero-order valence-corrected chi connectivity index (χ0v) is 19.0. The molecule has 0 atom stereocenters. The summed E-state index contributed by atoms with van der Waals surface area (Å²) in [5.74, 6) is 0.667. The Balaban J connectivity index is 1.36. The standard InChI is InChI=1S/C22H20Cl2N6S/c1-15-9-21(28-30(15)12-16-5-4-7-18(23)10-16)27-22(31)26-19-11-25-29(14-19)13-17-6-2-3-8-20(17)24/h2-11,14H,12-13H2,1H3,(H2,26,27,28,31). The lowest BCUT2D eigenvalue weighted by Gasteiger charge is -2.07. The highest BCUT2D eigenvalue weighted by atomic mass is 35.5. The third-order valence-corrected chi connectivity index (χ3v) is 5.43. The summed E-state index contributed by atoms with van der Waals surface area (Å²) in [6, 6.07) is 17.4. The topological polar surface area (TPSA) is 59.7 Å². The van der Waals surface area contributed by atoms with Gasteiger partial charge in [0.2, 0.25) is 0 Å². The van der Waals surface area contributed by atoms with Gasteiger partial charge in [0.25, 0.3) is 0 Å². The highest BCUT2D eigenvalue weighted by Crippen LogP contribution is 2.18. The maximum atomic E-state index is 6.23. The molecular formula is C22H20Cl2N6S. The van der Waals surface area contributed by atoms with Gasteiger partial charge in [-0.3, -0.25) is 9.36 Å². The molecule has 2 heterocycles. The molecule has 2 aromatic carbocycles. The van der Waals surface area contributed by atoms with E-state index >= 15 is 0 Å². The van der Waals surface area contributed by atoms with Crippen LogP contribution in [-0.4, -0.2) is 24.7 Å². The molecule has 0 aliphatic heterocycles. The lowest BCUT2D eigenvalue weighted by atomic mass is 10.2. The van der Waals surface area contributed by atoms with E-state index in [1.54, 1.807) is 10.9 Å². The van der Waals surface area contributed by atoms with E-state index in [4.69, 9.17) is 35.4 Å². The molecule has 4 rings (SSSR count). The Morgan fingerprint density at radius 1 is 1.03 bits per heavy atom. The molecule has 6 nitrogen and oxygen atoms in total. The van der Waals surface area contributed by atoms with Crippen molar-refractivity contribution in [2.75, 3.05) is 10.6 Å². The quantitative estimate of drug-likeness (QED) is 0.359. The van der Waals surface area contributed by atoms with Crippen molar-refractivity contribution in [3.8, 4) is 0 Å². The Kier molecular flexibility index (Phi) is 6.56. The minimum absolute atomic E-state index is 0.435. The van der Waals surface area contributed by atoms with Crippen molar-refractivity contribution in [1.82, 2.24) is 19.6 Å². The number of aromatic nitrogens is 4. The van der Waals surface area contributed by atoms with Gasteiger partial charge in [-0.2, -0.15) is 10.2 Å². The number of hydrogen-bond acceptors (Lipinski definition) is 3. The van der Waals surface area contributed by atoms with Crippen molar-refractivity contribution in [1.29, 1.82) is 0 Å². The lowest BCUT2D eigenvalue weighted by Crippen LogP contribution is -2.19. The number of rotatable bonds is 6. The van der Waals surface area contributed by atoms with Crippen LogP contribution in [0.25, 0.3) is 0 Å². The van der Waals surface area contributed by atoms with Gasteiger partial charge in [-0.1, -0.05) is 53.5 Å². The van der Waals surface area contributed by atoms with Gasteiger partial charge in [-0.05, 0) is 48.5 Å². The maximum absolute atomic E-state index is 6.23. The minimum atomic E-state index is 0.435. The molecule has 0 amide bonds. The van der Waals surface area contributed by atoms with E-state index in [2.05, 4.69) is 20.8 Å². The van der Waals surface area contributed by atoms with Crippen molar-refractivity contribution in [3.63, 3.8) is 0 Å². The van der Waals surface area contributed by atoms with E-state index in [1.165, 1.54) is 0 Å². The molecular weight excluding hydrogens is 451 g/mol. The van der Waals surface area contributed by atoms with Gasteiger partial charge in [0.1, 0.15) is 0 Å². The molecule has 0 spiro atoms. The molecule has 9 heteroatoms. The van der Waals surface area contributed by atoms with Crippen LogP contribution >= 0.6 is 35.4 Å². The van der Waals surface area contributed by atoms with Crippen molar-refractivity contribution < 1.29 is 0 Å². The van der Waals surface area contributed by atoms with E-state index in [-0.39, 0.29) is 0 Å². The van der Waals surface area contributed by atoms with Crippen molar-refractivity contribution >= 4 is 52.0 Å². The largest absolute Gasteiger partial charge is 0.330 e. The summed E-state index contributed by atoms with van der Waals surface area (Å²) in [5, 5.41) is 17.1. The second-order valence-electron chi connectivity index (χ2n) is 7.06. The van der Waals surface area contributed by atoms with Crippen LogP contribution in [0.2, 0.25) is 10.0 Å². The first-order chi connectivity index (χ1) is 15.0. The smallest absolute Gasteiger partial charge is 0.176 e. The molecule has 0 radical (unpaired) electrons. The Hall–Kier alpha value is -2.87. The van der Waals surface area contributed by atoms with Crippen LogP contribution in [0.15, 0.2) is 67.0 Å². The lowest BCUT2D eigenvalue weighted by molar-refractivity contribution is 0.668. The van der Waals surface area contributed by atoms with Crippen molar-refractivity contribution in [2.24, 2.45) is 0 Å². The molecule has 0 unspecified atom stereocenters. The van der Waals surface area contributed by atoms with E-state index in [0.717, 1.165) is 22.5 Å². The van der Waals surface area contributed by atoms with Gasteiger partial charge in [0.15, 0.2) is 10.9 Å². The third kappa shape index (κ3) is 5.64. The fraction of sp³-hybridized carbons (Fsp3) is 0.136. The average molecular weight is 471 g/mol. The van der Waals surface area contributed by atoms with Crippen molar-refractivity contribution in [3.05, 3.63) is 93.9 Å². The van der Waals surface area contributed by atoms with Gasteiger partial charge >= 0.3 is 0 Å². The zero-order chi connectivity index (χ0) is 21.8. The van der Waals surface area contributed by atoms with Gasteiger partial charge in [0.05, 0.1) is 25.0 Å². The number of nitrogens with one attached hydrogen (secondary N) is 2. The van der Waals surface area contributed by atoms with Gasteiger partial charge < -0.3 is 10.6 Å². The highest BCUT2D eigenvalue weighted by molar-refractivity contribution is 7.80. The number of halogens is 2. The summed E-state index contributed by atoms with van der Waals surface area (Å²) in [4.78, 5) is 0. The summed E-state index contributed by atoms with van der Waals surface area (Å²) in [6.07, 6.45) is 3.59. The average Bonchev–Trinajstić information content (AvgIpc) is 3.29. The Morgan fingerprint density at radius 2 is 1.87 bits per heavy atom. The summed E-state index contributed by atoms with van der Waals surface area (Å²) in [5.41, 5.74) is 3.87. The van der Waals surface area contributed by atoms with Gasteiger partial charge in [-0.15, -0.1) is 0 Å². The first-order valence-corrected chi connectivity index (χ1v) is 10.8. The Morgan fingerprint density at radius 3 is 2.68 bits per heavy atom. The monoisotopic (exact) mass is 470 g/mol. The van der Waals surface area contributed by atoms with Gasteiger partial charge in [-0.25, -0.2) is 0 Å². The summed E-state index contributed by atoms with van der Waals surface area (Å²) in [6.45, 7) is 3.20. The summed E-state index contributed by atoms with van der Waals surface area (Å²) in [7, 11) is 0. The van der Waals surface area contributed by atoms with E-state index in [0.29, 0.717) is 34.1 Å². The molecule has 0 bridgehead atoms. The number of hydrogen-bond donors (Lipinski definition) is 2. The predicted molar refractivity (Wildman–Crippen MR) is 130 cm³/mol.